The maximum Gasteiger partial charge on any atom is 0.321 e. The van der Waals surface area contributed by atoms with Gasteiger partial charge in [0.15, 0.2) is 0 Å². The zero-order valence-corrected chi connectivity index (χ0v) is 17.8. The summed E-state index contributed by atoms with van der Waals surface area (Å²) in [5.41, 5.74) is 4.35. The van der Waals surface area contributed by atoms with Gasteiger partial charge < -0.3 is 10.1 Å². The molecule has 1 N–H and O–H groups in total. The minimum atomic E-state index is -0.220. The maximum atomic E-state index is 13.3. The molecule has 0 saturated carbocycles. The number of carbonyl (C=O) groups excluding carboxylic acids is 1. The van der Waals surface area contributed by atoms with Crippen LogP contribution >= 0.6 is 0 Å². The first kappa shape index (κ1) is 20.3. The van der Waals surface area contributed by atoms with E-state index in [9.17, 15) is 4.79 Å². The van der Waals surface area contributed by atoms with Crippen LogP contribution in [-0.4, -0.2) is 25.8 Å². The third kappa shape index (κ3) is 4.38. The van der Waals surface area contributed by atoms with Gasteiger partial charge in [-0.2, -0.15) is 0 Å². The van der Waals surface area contributed by atoms with Gasteiger partial charge >= 0.3 is 6.01 Å². The van der Waals surface area contributed by atoms with Gasteiger partial charge in [-0.1, -0.05) is 18.2 Å². The largest absolute Gasteiger partial charge is 0.424 e. The van der Waals surface area contributed by atoms with Gasteiger partial charge in [0.25, 0.3) is 5.91 Å². The first-order valence-electron chi connectivity index (χ1n) is 10.3. The quantitative estimate of drug-likeness (QED) is 0.397. The van der Waals surface area contributed by atoms with Crippen LogP contribution in [0.25, 0.3) is 22.2 Å². The van der Waals surface area contributed by atoms with Crippen molar-refractivity contribution in [3.63, 3.8) is 0 Å². The lowest BCUT2D eigenvalue weighted by atomic mass is 10.0. The van der Waals surface area contributed by atoms with Crippen LogP contribution in [-0.2, 0) is 0 Å². The van der Waals surface area contributed by atoms with Crippen molar-refractivity contribution in [2.24, 2.45) is 0 Å². The standard InChI is InChI=1S/C26H19N5O2/c1-17-14-19(33-26-28-12-5-13-29-26)9-10-22(17)31-25(32)21-15-24(18-6-4-11-27-16-18)30-23-8-3-2-7-20(21)23/h2-16H,1H3,(H,31,32). The highest BCUT2D eigenvalue weighted by atomic mass is 16.5. The lowest BCUT2D eigenvalue weighted by Crippen LogP contribution is -2.14. The highest BCUT2D eigenvalue weighted by molar-refractivity contribution is 6.13. The zero-order chi connectivity index (χ0) is 22.6. The molecule has 3 aromatic heterocycles. The van der Waals surface area contributed by atoms with Crippen LogP contribution in [0.4, 0.5) is 5.69 Å². The van der Waals surface area contributed by atoms with E-state index in [1.54, 1.807) is 49.1 Å². The summed E-state index contributed by atoms with van der Waals surface area (Å²) in [4.78, 5) is 30.3. The SMILES string of the molecule is Cc1cc(Oc2ncccn2)ccc1NC(=O)c1cc(-c2cccnc2)nc2ccccc12. The van der Waals surface area contributed by atoms with Gasteiger partial charge in [-0.05, 0) is 61.0 Å². The van der Waals surface area contributed by atoms with Crippen molar-refractivity contribution in [2.75, 3.05) is 5.32 Å². The Hall–Kier alpha value is -4.65. The monoisotopic (exact) mass is 433 g/mol. The summed E-state index contributed by atoms with van der Waals surface area (Å²) in [6.45, 7) is 1.90. The topological polar surface area (TPSA) is 89.9 Å². The normalized spacial score (nSPS) is 10.7. The zero-order valence-electron chi connectivity index (χ0n) is 17.8. The number of hydrogen-bond donors (Lipinski definition) is 1. The van der Waals surface area contributed by atoms with E-state index in [-0.39, 0.29) is 11.9 Å². The molecule has 7 nitrogen and oxygen atoms in total. The van der Waals surface area contributed by atoms with E-state index in [1.165, 1.54) is 0 Å². The smallest absolute Gasteiger partial charge is 0.321 e. The number of para-hydroxylation sites is 1. The number of pyridine rings is 2. The highest BCUT2D eigenvalue weighted by Gasteiger charge is 2.15. The lowest BCUT2D eigenvalue weighted by molar-refractivity contribution is 0.102. The maximum absolute atomic E-state index is 13.3. The van der Waals surface area contributed by atoms with Crippen LogP contribution < -0.4 is 10.1 Å². The molecular formula is C26H19N5O2. The number of carbonyl (C=O) groups is 1. The van der Waals surface area contributed by atoms with Crippen molar-refractivity contribution in [1.29, 1.82) is 0 Å². The molecule has 5 rings (SSSR count). The molecular weight excluding hydrogens is 414 g/mol. The number of anilines is 1. The Morgan fingerprint density at radius 2 is 1.76 bits per heavy atom. The second-order valence-corrected chi connectivity index (χ2v) is 7.38. The molecule has 0 radical (unpaired) electrons. The van der Waals surface area contributed by atoms with Gasteiger partial charge in [0.1, 0.15) is 5.75 Å². The number of aromatic nitrogens is 4. The number of nitrogens with zero attached hydrogens (tertiary/aromatic N) is 4. The average molecular weight is 433 g/mol. The van der Waals surface area contributed by atoms with Crippen molar-refractivity contribution in [3.05, 3.63) is 103 Å². The molecule has 0 saturated heterocycles. The van der Waals surface area contributed by atoms with Gasteiger partial charge in [-0.3, -0.25) is 9.78 Å². The number of fused-ring (bicyclic) bond motifs is 1. The van der Waals surface area contributed by atoms with Crippen LogP contribution in [0.1, 0.15) is 15.9 Å². The molecule has 0 unspecified atom stereocenters. The third-order valence-electron chi connectivity index (χ3n) is 5.12. The Morgan fingerprint density at radius 3 is 2.55 bits per heavy atom. The van der Waals surface area contributed by atoms with E-state index in [4.69, 9.17) is 9.72 Å². The molecule has 1 amide bonds. The third-order valence-corrected chi connectivity index (χ3v) is 5.12. The Kier molecular flexibility index (Phi) is 5.43. The van der Waals surface area contributed by atoms with E-state index >= 15 is 0 Å². The van der Waals surface area contributed by atoms with Crippen molar-refractivity contribution in [2.45, 2.75) is 6.92 Å². The molecule has 7 heteroatoms. The first-order valence-corrected chi connectivity index (χ1v) is 10.3. The molecule has 0 spiro atoms. The molecule has 2 aromatic carbocycles. The summed E-state index contributed by atoms with van der Waals surface area (Å²) < 4.78 is 5.68. The van der Waals surface area contributed by atoms with Gasteiger partial charge in [-0.15, -0.1) is 0 Å². The van der Waals surface area contributed by atoms with Gasteiger partial charge in [0.2, 0.25) is 0 Å². The molecule has 0 bridgehead atoms. The fraction of sp³-hybridized carbons (Fsp3) is 0.0385. The summed E-state index contributed by atoms with van der Waals surface area (Å²) in [5.74, 6) is 0.367. The van der Waals surface area contributed by atoms with Gasteiger partial charge in [0.05, 0.1) is 16.8 Å². The molecule has 0 aliphatic carbocycles. The van der Waals surface area contributed by atoms with E-state index in [1.807, 2.05) is 49.4 Å². The second kappa shape index (κ2) is 8.84. The fourth-order valence-electron chi connectivity index (χ4n) is 3.50. The number of amides is 1. The number of benzene rings is 2. The second-order valence-electron chi connectivity index (χ2n) is 7.38. The summed E-state index contributed by atoms with van der Waals surface area (Å²) in [7, 11) is 0. The van der Waals surface area contributed by atoms with Crippen molar-refractivity contribution >= 4 is 22.5 Å². The van der Waals surface area contributed by atoms with E-state index < -0.39 is 0 Å². The van der Waals surface area contributed by atoms with Gasteiger partial charge in [0, 0.05) is 41.4 Å². The number of nitrogens with one attached hydrogen (secondary N) is 1. The predicted octanol–water partition coefficient (Wildman–Crippen LogP) is 5.44. The molecule has 0 aliphatic heterocycles. The Morgan fingerprint density at radius 1 is 0.909 bits per heavy atom. The van der Waals surface area contributed by atoms with Crippen LogP contribution in [0.5, 0.6) is 11.8 Å². The summed E-state index contributed by atoms with van der Waals surface area (Å²) >= 11 is 0. The fourth-order valence-corrected chi connectivity index (χ4v) is 3.50. The number of hydrogen-bond acceptors (Lipinski definition) is 6. The molecule has 3 heterocycles. The van der Waals surface area contributed by atoms with Crippen molar-refractivity contribution in [1.82, 2.24) is 19.9 Å². The predicted molar refractivity (Wildman–Crippen MR) is 126 cm³/mol. The summed E-state index contributed by atoms with van der Waals surface area (Å²) in [6, 6.07) is 20.6. The Labute approximate surface area is 190 Å². The van der Waals surface area contributed by atoms with Gasteiger partial charge in [-0.25, -0.2) is 15.0 Å². The number of rotatable bonds is 5. The van der Waals surface area contributed by atoms with Crippen LogP contribution in [0, 0.1) is 6.92 Å². The Balaban J connectivity index is 1.45. The number of aryl methyl sites for hydroxylation is 1. The molecule has 160 valence electrons. The van der Waals surface area contributed by atoms with Crippen LogP contribution in [0.3, 0.4) is 0 Å². The number of ether oxygens (including phenoxy) is 1. The van der Waals surface area contributed by atoms with Crippen LogP contribution in [0.15, 0.2) is 91.5 Å². The molecule has 0 aliphatic rings. The molecule has 5 aromatic rings. The minimum Gasteiger partial charge on any atom is -0.424 e. The highest BCUT2D eigenvalue weighted by Crippen LogP contribution is 2.27. The molecule has 33 heavy (non-hydrogen) atoms. The van der Waals surface area contributed by atoms with E-state index in [0.29, 0.717) is 22.7 Å². The lowest BCUT2D eigenvalue weighted by Gasteiger charge is -2.13. The molecule has 0 atom stereocenters. The molecule has 0 fully saturated rings. The summed E-state index contributed by atoms with van der Waals surface area (Å²) in [6.07, 6.45) is 6.67. The average Bonchev–Trinajstić information content (AvgIpc) is 2.86. The van der Waals surface area contributed by atoms with Crippen LogP contribution in [0.2, 0.25) is 0 Å². The minimum absolute atomic E-state index is 0.220. The summed E-state index contributed by atoms with van der Waals surface area (Å²) in [5, 5.41) is 3.80. The first-order chi connectivity index (χ1) is 16.2. The van der Waals surface area contributed by atoms with E-state index in [2.05, 4.69) is 20.3 Å². The Bertz CT molecular complexity index is 1440. The van der Waals surface area contributed by atoms with E-state index in [0.717, 1.165) is 22.0 Å². The van der Waals surface area contributed by atoms with Crippen molar-refractivity contribution < 1.29 is 9.53 Å². The van der Waals surface area contributed by atoms with Crippen molar-refractivity contribution in [3.8, 4) is 23.0 Å².